The lowest BCUT2D eigenvalue weighted by Crippen LogP contribution is -2.11. The Morgan fingerprint density at radius 3 is 2.69 bits per heavy atom. The Bertz CT molecular complexity index is 380. The molecular weight excluding hydrogens is 229 g/mol. The van der Waals surface area contributed by atoms with Gasteiger partial charge in [-0.15, -0.1) is 12.4 Å². The zero-order chi connectivity index (χ0) is 11.0. The van der Waals surface area contributed by atoms with Crippen LogP contribution >= 0.6 is 12.4 Å². The second-order valence-corrected chi connectivity index (χ2v) is 4.42. The smallest absolute Gasteiger partial charge is 0.168 e. The molecule has 1 fully saturated rings. The molecule has 4 heteroatoms. The van der Waals surface area contributed by atoms with Crippen LogP contribution in [-0.2, 0) is 0 Å². The Balaban J connectivity index is 0.00000128. The lowest BCUT2D eigenvalue weighted by molar-refractivity contribution is 0.414. The Morgan fingerprint density at radius 1 is 1.50 bits per heavy atom. The first-order valence-electron chi connectivity index (χ1n) is 5.33. The number of hydrogen-bond acceptors (Lipinski definition) is 2. The highest BCUT2D eigenvalue weighted by Gasteiger charge is 2.26. The fourth-order valence-corrected chi connectivity index (χ4v) is 1.82. The van der Waals surface area contributed by atoms with Gasteiger partial charge in [-0.2, -0.15) is 0 Å². The van der Waals surface area contributed by atoms with Crippen LogP contribution in [0.3, 0.4) is 0 Å². The SMILES string of the molecule is Cc1ccc([C@H](N)CC2CC2)c(O)c1F.Cl. The molecule has 16 heavy (non-hydrogen) atoms. The van der Waals surface area contributed by atoms with Gasteiger partial charge < -0.3 is 10.8 Å². The predicted molar refractivity (Wildman–Crippen MR) is 64.3 cm³/mol. The van der Waals surface area contributed by atoms with Gasteiger partial charge in [-0.1, -0.05) is 25.0 Å². The molecule has 0 saturated heterocycles. The van der Waals surface area contributed by atoms with Crippen molar-refractivity contribution in [1.82, 2.24) is 0 Å². The van der Waals surface area contributed by atoms with Crippen molar-refractivity contribution in [2.45, 2.75) is 32.2 Å². The van der Waals surface area contributed by atoms with Crippen molar-refractivity contribution in [3.8, 4) is 5.75 Å². The van der Waals surface area contributed by atoms with E-state index in [9.17, 15) is 9.50 Å². The molecule has 3 N–H and O–H groups in total. The first kappa shape index (κ1) is 13.3. The van der Waals surface area contributed by atoms with Gasteiger partial charge in [0.2, 0.25) is 0 Å². The van der Waals surface area contributed by atoms with E-state index in [1.807, 2.05) is 0 Å². The maximum atomic E-state index is 13.4. The van der Waals surface area contributed by atoms with Crippen LogP contribution in [0.25, 0.3) is 0 Å². The van der Waals surface area contributed by atoms with Gasteiger partial charge in [0.1, 0.15) is 0 Å². The normalized spacial score (nSPS) is 16.7. The van der Waals surface area contributed by atoms with Gasteiger partial charge in [-0.05, 0) is 24.8 Å². The lowest BCUT2D eigenvalue weighted by Gasteiger charge is -2.14. The van der Waals surface area contributed by atoms with Crippen molar-refractivity contribution in [2.24, 2.45) is 11.7 Å². The summed E-state index contributed by atoms with van der Waals surface area (Å²) in [6.07, 6.45) is 3.27. The largest absolute Gasteiger partial charge is 0.505 e. The third-order valence-electron chi connectivity index (χ3n) is 3.02. The molecule has 1 saturated carbocycles. The molecule has 0 aromatic heterocycles. The molecule has 0 unspecified atom stereocenters. The highest BCUT2D eigenvalue weighted by atomic mass is 35.5. The van der Waals surface area contributed by atoms with Crippen molar-refractivity contribution in [2.75, 3.05) is 0 Å². The second kappa shape index (κ2) is 5.02. The quantitative estimate of drug-likeness (QED) is 0.860. The molecule has 0 bridgehead atoms. The summed E-state index contributed by atoms with van der Waals surface area (Å²) in [4.78, 5) is 0. The van der Waals surface area contributed by atoms with Gasteiger partial charge in [0.25, 0.3) is 0 Å². The summed E-state index contributed by atoms with van der Waals surface area (Å²) in [5.41, 5.74) is 6.92. The predicted octanol–water partition coefficient (Wildman–Crippen LogP) is 3.06. The van der Waals surface area contributed by atoms with Crippen molar-refractivity contribution in [1.29, 1.82) is 0 Å². The fraction of sp³-hybridized carbons (Fsp3) is 0.500. The third kappa shape index (κ3) is 2.66. The van der Waals surface area contributed by atoms with Crippen molar-refractivity contribution < 1.29 is 9.50 Å². The first-order chi connectivity index (χ1) is 7.09. The van der Waals surface area contributed by atoms with Crippen molar-refractivity contribution >= 4 is 12.4 Å². The second-order valence-electron chi connectivity index (χ2n) is 4.42. The highest BCUT2D eigenvalue weighted by molar-refractivity contribution is 5.85. The van der Waals surface area contributed by atoms with Crippen molar-refractivity contribution in [3.63, 3.8) is 0 Å². The number of phenolic OH excluding ortho intramolecular Hbond substituents is 1. The molecule has 1 atom stereocenters. The van der Waals surface area contributed by atoms with Crippen LogP contribution in [0.4, 0.5) is 4.39 Å². The topological polar surface area (TPSA) is 46.2 Å². The Morgan fingerprint density at radius 2 is 2.12 bits per heavy atom. The van der Waals surface area contributed by atoms with Crippen LogP contribution < -0.4 is 5.73 Å². The van der Waals surface area contributed by atoms with Gasteiger partial charge in [-0.3, -0.25) is 0 Å². The molecule has 0 radical (unpaired) electrons. The van der Waals surface area contributed by atoms with Crippen LogP contribution in [0.5, 0.6) is 5.75 Å². The van der Waals surface area contributed by atoms with Gasteiger partial charge >= 0.3 is 0 Å². The Kier molecular flexibility index (Phi) is 4.16. The molecular formula is C12H17ClFNO. The van der Waals surface area contributed by atoms with Crippen LogP contribution in [0.15, 0.2) is 12.1 Å². The van der Waals surface area contributed by atoms with Crippen LogP contribution in [0.1, 0.15) is 36.4 Å². The van der Waals surface area contributed by atoms with E-state index in [0.717, 1.165) is 6.42 Å². The number of phenols is 1. The molecule has 1 aliphatic rings. The third-order valence-corrected chi connectivity index (χ3v) is 3.02. The average molecular weight is 246 g/mol. The van der Waals surface area contributed by atoms with Crippen LogP contribution in [-0.4, -0.2) is 5.11 Å². The Labute approximate surface area is 101 Å². The minimum Gasteiger partial charge on any atom is -0.505 e. The number of rotatable bonds is 3. The number of nitrogens with two attached hydrogens (primary N) is 1. The molecule has 1 aromatic carbocycles. The molecule has 0 aliphatic heterocycles. The van der Waals surface area contributed by atoms with Gasteiger partial charge in [0, 0.05) is 11.6 Å². The lowest BCUT2D eigenvalue weighted by atomic mass is 9.99. The number of aryl methyl sites for hydroxylation is 1. The van der Waals surface area contributed by atoms with E-state index >= 15 is 0 Å². The summed E-state index contributed by atoms with van der Waals surface area (Å²) in [6, 6.07) is 3.14. The monoisotopic (exact) mass is 245 g/mol. The summed E-state index contributed by atoms with van der Waals surface area (Å²) in [6.45, 7) is 1.63. The molecule has 0 spiro atoms. The number of benzene rings is 1. The molecule has 2 nitrogen and oxygen atoms in total. The first-order valence-corrected chi connectivity index (χ1v) is 5.33. The highest BCUT2D eigenvalue weighted by Crippen LogP contribution is 2.39. The van der Waals surface area contributed by atoms with E-state index < -0.39 is 5.82 Å². The molecule has 0 amide bonds. The van der Waals surface area contributed by atoms with E-state index in [2.05, 4.69) is 0 Å². The molecule has 1 aliphatic carbocycles. The van der Waals surface area contributed by atoms with E-state index in [1.54, 1.807) is 19.1 Å². The van der Waals surface area contributed by atoms with E-state index in [1.165, 1.54) is 12.8 Å². The number of hydrogen-bond donors (Lipinski definition) is 2. The summed E-state index contributed by atoms with van der Waals surface area (Å²) in [5.74, 6) is -0.148. The minimum atomic E-state index is -0.543. The number of aromatic hydroxyl groups is 1. The zero-order valence-corrected chi connectivity index (χ0v) is 10.1. The summed E-state index contributed by atoms with van der Waals surface area (Å²) in [7, 11) is 0. The van der Waals surface area contributed by atoms with E-state index in [4.69, 9.17) is 5.73 Å². The maximum Gasteiger partial charge on any atom is 0.168 e. The Hall–Kier alpha value is -0.800. The van der Waals surface area contributed by atoms with Crippen LogP contribution in [0.2, 0.25) is 0 Å². The molecule has 2 rings (SSSR count). The van der Waals surface area contributed by atoms with Gasteiger partial charge in [0.05, 0.1) is 0 Å². The fourth-order valence-electron chi connectivity index (χ4n) is 1.82. The average Bonchev–Trinajstić information content (AvgIpc) is 2.98. The summed E-state index contributed by atoms with van der Waals surface area (Å²) < 4.78 is 13.4. The maximum absolute atomic E-state index is 13.4. The summed E-state index contributed by atoms with van der Waals surface area (Å²) >= 11 is 0. The minimum absolute atomic E-state index is 0. The van der Waals surface area contributed by atoms with Crippen molar-refractivity contribution in [3.05, 3.63) is 29.1 Å². The molecule has 0 heterocycles. The van der Waals surface area contributed by atoms with Gasteiger partial charge in [-0.25, -0.2) is 4.39 Å². The van der Waals surface area contributed by atoms with E-state index in [-0.39, 0.29) is 24.2 Å². The van der Waals surface area contributed by atoms with Gasteiger partial charge in [0.15, 0.2) is 11.6 Å². The standard InChI is InChI=1S/C12H16FNO.ClH/c1-7-2-5-9(12(15)11(7)13)10(14)6-8-3-4-8;/h2,5,8,10,15H,3-4,6,14H2,1H3;1H/t10-;/m1./s1. The van der Waals surface area contributed by atoms with Crippen LogP contribution in [0, 0.1) is 18.7 Å². The van der Waals surface area contributed by atoms with E-state index in [0.29, 0.717) is 17.0 Å². The summed E-state index contributed by atoms with van der Waals surface area (Å²) in [5, 5.41) is 9.63. The zero-order valence-electron chi connectivity index (χ0n) is 9.24. The number of halogens is 2. The molecule has 90 valence electrons. The molecule has 1 aromatic rings.